The first-order valence-electron chi connectivity index (χ1n) is 9.56. The Morgan fingerprint density at radius 3 is 2.61 bits per heavy atom. The molecule has 0 bridgehead atoms. The molecule has 2 amide bonds. The topological polar surface area (TPSA) is 97.1 Å². The van der Waals surface area contributed by atoms with E-state index in [2.05, 4.69) is 20.6 Å². The van der Waals surface area contributed by atoms with Crippen LogP contribution in [0.25, 0.3) is 22.0 Å². The molecule has 31 heavy (non-hydrogen) atoms. The summed E-state index contributed by atoms with van der Waals surface area (Å²) in [4.78, 5) is 32.4. The maximum absolute atomic E-state index is 12.4. The van der Waals surface area contributed by atoms with Gasteiger partial charge in [-0.3, -0.25) is 9.59 Å². The Balaban J connectivity index is 1.35. The molecule has 0 aliphatic heterocycles. The molecule has 3 aromatic heterocycles. The first-order chi connectivity index (χ1) is 15.0. The van der Waals surface area contributed by atoms with Crippen molar-refractivity contribution in [3.63, 3.8) is 0 Å². The molecule has 7 nitrogen and oxygen atoms in total. The molecule has 0 atom stereocenters. The highest BCUT2D eigenvalue weighted by Gasteiger charge is 2.13. The van der Waals surface area contributed by atoms with Gasteiger partial charge in [-0.15, -0.1) is 22.7 Å². The molecular formula is C22H20N4O3S2. The molecule has 3 heterocycles. The van der Waals surface area contributed by atoms with Crippen molar-refractivity contribution in [2.75, 3.05) is 5.32 Å². The van der Waals surface area contributed by atoms with E-state index in [0.29, 0.717) is 28.9 Å². The fourth-order valence-corrected chi connectivity index (χ4v) is 4.35. The molecule has 0 unspecified atom stereocenters. The third-order valence-electron chi connectivity index (χ3n) is 4.37. The van der Waals surface area contributed by atoms with E-state index in [9.17, 15) is 9.59 Å². The van der Waals surface area contributed by atoms with E-state index in [-0.39, 0.29) is 18.2 Å². The summed E-state index contributed by atoms with van der Waals surface area (Å²) in [5, 5.41) is 10.6. The first-order valence-corrected chi connectivity index (χ1v) is 11.3. The molecule has 0 saturated carbocycles. The van der Waals surface area contributed by atoms with Crippen molar-refractivity contribution < 1.29 is 14.0 Å². The minimum Gasteiger partial charge on any atom is -0.458 e. The van der Waals surface area contributed by atoms with Crippen LogP contribution >= 0.6 is 22.7 Å². The average molecular weight is 453 g/mol. The number of nitrogens with zero attached hydrogens (tertiary/aromatic N) is 2. The summed E-state index contributed by atoms with van der Waals surface area (Å²) >= 11 is 2.85. The van der Waals surface area contributed by atoms with Gasteiger partial charge in [-0.05, 0) is 19.1 Å². The van der Waals surface area contributed by atoms with Gasteiger partial charge in [0, 0.05) is 23.2 Å². The lowest BCUT2D eigenvalue weighted by Crippen LogP contribution is -2.18. The van der Waals surface area contributed by atoms with Crippen molar-refractivity contribution in [3.8, 4) is 22.0 Å². The molecule has 2 N–H and O–H groups in total. The van der Waals surface area contributed by atoms with E-state index in [1.165, 1.54) is 35.2 Å². The van der Waals surface area contributed by atoms with Gasteiger partial charge in [0.1, 0.15) is 16.5 Å². The lowest BCUT2D eigenvalue weighted by Gasteiger charge is -2.00. The molecule has 1 aromatic carbocycles. The van der Waals surface area contributed by atoms with Crippen molar-refractivity contribution >= 4 is 39.6 Å². The highest BCUT2D eigenvalue weighted by atomic mass is 32.1. The number of furan rings is 1. The molecule has 0 aliphatic rings. The average Bonchev–Trinajstić information content (AvgIpc) is 3.48. The standard InChI is InChI=1S/C22H20N4O3S2/c1-13-3-5-15(6-4-13)21-24-16(11-30-21)9-20(28)26-22-25-18(12-31-22)19-8-7-17(29-19)10-23-14(2)27/h3-8,11-12H,9-10H2,1-2H3,(H,23,27)(H,25,26,28). The number of aromatic nitrogens is 2. The van der Waals surface area contributed by atoms with Gasteiger partial charge in [0.05, 0.1) is 18.7 Å². The van der Waals surface area contributed by atoms with Crippen molar-refractivity contribution in [1.29, 1.82) is 0 Å². The van der Waals surface area contributed by atoms with Crippen molar-refractivity contribution in [1.82, 2.24) is 15.3 Å². The van der Waals surface area contributed by atoms with Crippen LogP contribution in [0.1, 0.15) is 23.9 Å². The minimum absolute atomic E-state index is 0.122. The molecular weight excluding hydrogens is 432 g/mol. The zero-order chi connectivity index (χ0) is 21.8. The van der Waals surface area contributed by atoms with E-state index in [4.69, 9.17) is 4.42 Å². The van der Waals surface area contributed by atoms with Crippen LogP contribution in [0, 0.1) is 6.92 Å². The molecule has 0 fully saturated rings. The third-order valence-corrected chi connectivity index (χ3v) is 6.07. The van der Waals surface area contributed by atoms with Gasteiger partial charge in [-0.25, -0.2) is 9.97 Å². The fourth-order valence-electron chi connectivity index (χ4n) is 2.81. The van der Waals surface area contributed by atoms with Gasteiger partial charge < -0.3 is 15.1 Å². The van der Waals surface area contributed by atoms with E-state index in [0.717, 1.165) is 16.3 Å². The van der Waals surface area contributed by atoms with Crippen LogP contribution in [0.2, 0.25) is 0 Å². The Morgan fingerprint density at radius 1 is 1.03 bits per heavy atom. The highest BCUT2D eigenvalue weighted by molar-refractivity contribution is 7.14. The van der Waals surface area contributed by atoms with Crippen molar-refractivity contribution in [2.45, 2.75) is 26.8 Å². The smallest absolute Gasteiger partial charge is 0.232 e. The largest absolute Gasteiger partial charge is 0.458 e. The normalized spacial score (nSPS) is 10.8. The van der Waals surface area contributed by atoms with Crippen LogP contribution in [0.5, 0.6) is 0 Å². The molecule has 158 valence electrons. The predicted octanol–water partition coefficient (Wildman–Crippen LogP) is 4.65. The van der Waals surface area contributed by atoms with Crippen LogP contribution in [-0.4, -0.2) is 21.8 Å². The number of amides is 2. The lowest BCUT2D eigenvalue weighted by atomic mass is 10.2. The molecule has 0 radical (unpaired) electrons. The minimum atomic E-state index is -0.174. The quantitative estimate of drug-likeness (QED) is 0.425. The van der Waals surface area contributed by atoms with Gasteiger partial charge in [0.15, 0.2) is 10.9 Å². The number of benzene rings is 1. The SMILES string of the molecule is CC(=O)NCc1ccc(-c2csc(NC(=O)Cc3csc(-c4ccc(C)cc4)n3)n2)o1. The fraction of sp³-hybridized carbons (Fsp3) is 0.182. The molecule has 9 heteroatoms. The number of hydrogen-bond donors (Lipinski definition) is 2. The Morgan fingerprint density at radius 2 is 1.84 bits per heavy atom. The summed E-state index contributed by atoms with van der Waals surface area (Å²) in [5.74, 6) is 0.922. The Bertz CT molecular complexity index is 1210. The number of anilines is 1. The summed E-state index contributed by atoms with van der Waals surface area (Å²) in [6.45, 7) is 3.82. The molecule has 4 aromatic rings. The van der Waals surface area contributed by atoms with E-state index in [1.54, 1.807) is 12.1 Å². The monoisotopic (exact) mass is 452 g/mol. The molecule has 0 aliphatic carbocycles. The van der Waals surface area contributed by atoms with E-state index in [1.807, 2.05) is 41.9 Å². The third kappa shape index (κ3) is 5.44. The second kappa shape index (κ2) is 9.23. The second-order valence-electron chi connectivity index (χ2n) is 6.95. The summed E-state index contributed by atoms with van der Waals surface area (Å²) in [5.41, 5.74) is 3.59. The van der Waals surface area contributed by atoms with Gasteiger partial charge in [-0.2, -0.15) is 0 Å². The van der Waals surface area contributed by atoms with Crippen LogP contribution in [-0.2, 0) is 22.6 Å². The molecule has 0 saturated heterocycles. The van der Waals surface area contributed by atoms with Gasteiger partial charge >= 0.3 is 0 Å². The number of rotatable bonds is 7. The molecule has 0 spiro atoms. The maximum atomic E-state index is 12.4. The van der Waals surface area contributed by atoms with Crippen LogP contribution in [0.4, 0.5) is 5.13 Å². The summed E-state index contributed by atoms with van der Waals surface area (Å²) in [7, 11) is 0. The first kappa shape index (κ1) is 21.0. The number of aryl methyl sites for hydroxylation is 1. The second-order valence-corrected chi connectivity index (χ2v) is 8.66. The number of carbonyl (C=O) groups is 2. The number of thiazole rings is 2. The predicted molar refractivity (Wildman–Crippen MR) is 122 cm³/mol. The zero-order valence-corrected chi connectivity index (χ0v) is 18.6. The van der Waals surface area contributed by atoms with Crippen LogP contribution < -0.4 is 10.6 Å². The van der Waals surface area contributed by atoms with Gasteiger partial charge in [0.25, 0.3) is 0 Å². The number of carbonyl (C=O) groups excluding carboxylic acids is 2. The lowest BCUT2D eigenvalue weighted by molar-refractivity contribution is -0.119. The Labute approximate surface area is 187 Å². The van der Waals surface area contributed by atoms with Gasteiger partial charge in [0.2, 0.25) is 11.8 Å². The number of nitrogens with one attached hydrogen (secondary N) is 2. The van der Waals surface area contributed by atoms with Crippen LogP contribution in [0.3, 0.4) is 0 Å². The van der Waals surface area contributed by atoms with E-state index >= 15 is 0 Å². The Kier molecular flexibility index (Phi) is 6.24. The van der Waals surface area contributed by atoms with Gasteiger partial charge in [-0.1, -0.05) is 29.8 Å². The molecule has 4 rings (SSSR count). The van der Waals surface area contributed by atoms with Crippen LogP contribution in [0.15, 0.2) is 51.6 Å². The summed E-state index contributed by atoms with van der Waals surface area (Å²) < 4.78 is 5.69. The zero-order valence-electron chi connectivity index (χ0n) is 17.0. The maximum Gasteiger partial charge on any atom is 0.232 e. The Hall–Kier alpha value is -3.30. The summed E-state index contributed by atoms with van der Waals surface area (Å²) in [6.07, 6.45) is 0.179. The highest BCUT2D eigenvalue weighted by Crippen LogP contribution is 2.27. The number of hydrogen-bond acceptors (Lipinski definition) is 7. The summed E-state index contributed by atoms with van der Waals surface area (Å²) in [6, 6.07) is 11.7. The van der Waals surface area contributed by atoms with E-state index < -0.39 is 0 Å². The van der Waals surface area contributed by atoms with Crippen molar-refractivity contribution in [3.05, 3.63) is 64.2 Å². The van der Waals surface area contributed by atoms with Crippen molar-refractivity contribution in [2.24, 2.45) is 0 Å².